The van der Waals surface area contributed by atoms with Crippen LogP contribution < -0.4 is 16.2 Å². The summed E-state index contributed by atoms with van der Waals surface area (Å²) in [4.78, 5) is 20.5. The molecular formula is C25H23FN4O2. The highest BCUT2D eigenvalue weighted by Gasteiger charge is 2.17. The van der Waals surface area contributed by atoms with Crippen LogP contribution in [0, 0.1) is 5.82 Å². The first-order chi connectivity index (χ1) is 15.4. The summed E-state index contributed by atoms with van der Waals surface area (Å²) in [6.07, 6.45) is 2.36. The number of aromatic nitrogens is 2. The van der Waals surface area contributed by atoms with Crippen molar-refractivity contribution in [3.05, 3.63) is 83.4 Å². The number of hydrogen-bond acceptors (Lipinski definition) is 5. The van der Waals surface area contributed by atoms with Crippen LogP contribution in [0.5, 0.6) is 5.75 Å². The zero-order valence-corrected chi connectivity index (χ0v) is 17.8. The summed E-state index contributed by atoms with van der Waals surface area (Å²) in [5.41, 5.74) is 15.0. The third-order valence-electron chi connectivity index (χ3n) is 5.57. The minimum atomic E-state index is -0.677. The van der Waals surface area contributed by atoms with E-state index in [0.717, 1.165) is 16.5 Å². The molecule has 4 N–H and O–H groups in total. The van der Waals surface area contributed by atoms with Crippen molar-refractivity contribution in [2.75, 3.05) is 12.8 Å². The van der Waals surface area contributed by atoms with Crippen molar-refractivity contribution in [1.29, 1.82) is 0 Å². The molecule has 2 heterocycles. The Morgan fingerprint density at radius 1 is 1.12 bits per heavy atom. The van der Waals surface area contributed by atoms with Crippen molar-refractivity contribution in [3.8, 4) is 16.9 Å². The fourth-order valence-electron chi connectivity index (χ4n) is 3.81. The molecule has 0 spiro atoms. The number of carbonyl (C=O) groups excluding carboxylic acids is 1. The number of fused-ring (bicyclic) bond motifs is 1. The van der Waals surface area contributed by atoms with Crippen molar-refractivity contribution in [3.63, 3.8) is 0 Å². The van der Waals surface area contributed by atoms with Crippen molar-refractivity contribution in [1.82, 2.24) is 9.97 Å². The number of hydrogen-bond donors (Lipinski definition) is 2. The number of ether oxygens (including phenoxy) is 1. The van der Waals surface area contributed by atoms with Gasteiger partial charge in [0.15, 0.2) is 0 Å². The number of pyridine rings is 2. The van der Waals surface area contributed by atoms with E-state index in [-0.39, 0.29) is 11.6 Å². The van der Waals surface area contributed by atoms with E-state index in [9.17, 15) is 9.18 Å². The van der Waals surface area contributed by atoms with Crippen LogP contribution in [-0.2, 0) is 6.42 Å². The lowest BCUT2D eigenvalue weighted by atomic mass is 9.91. The Bertz CT molecular complexity index is 1320. The van der Waals surface area contributed by atoms with Gasteiger partial charge in [0.1, 0.15) is 23.1 Å². The molecule has 0 aliphatic heterocycles. The van der Waals surface area contributed by atoms with Gasteiger partial charge in [-0.2, -0.15) is 0 Å². The molecule has 1 unspecified atom stereocenters. The molecule has 32 heavy (non-hydrogen) atoms. The molecule has 7 heteroatoms. The minimum absolute atomic E-state index is 0.0732. The van der Waals surface area contributed by atoms with Gasteiger partial charge in [0, 0.05) is 23.2 Å². The zero-order valence-electron chi connectivity index (χ0n) is 17.8. The van der Waals surface area contributed by atoms with Gasteiger partial charge in [-0.25, -0.2) is 14.4 Å². The Kier molecular flexibility index (Phi) is 5.73. The third-order valence-corrected chi connectivity index (χ3v) is 5.57. The molecule has 0 saturated heterocycles. The van der Waals surface area contributed by atoms with Crippen LogP contribution in [0.2, 0.25) is 0 Å². The van der Waals surface area contributed by atoms with Crippen LogP contribution in [0.25, 0.3) is 22.0 Å². The van der Waals surface area contributed by atoms with Crippen LogP contribution in [0.4, 0.5) is 10.2 Å². The topological polar surface area (TPSA) is 104 Å². The number of nitrogens with two attached hydrogens (primary N) is 2. The fraction of sp³-hybridized carbons (Fsp3) is 0.160. The van der Waals surface area contributed by atoms with E-state index >= 15 is 0 Å². The van der Waals surface area contributed by atoms with Crippen molar-refractivity contribution in [2.24, 2.45) is 5.73 Å². The Balaban J connectivity index is 1.81. The maximum Gasteiger partial charge on any atom is 0.267 e. The average Bonchev–Trinajstić information content (AvgIpc) is 2.79. The van der Waals surface area contributed by atoms with Gasteiger partial charge in [0.25, 0.3) is 5.91 Å². The number of amides is 1. The molecule has 0 fully saturated rings. The highest BCUT2D eigenvalue weighted by molar-refractivity contribution is 6.01. The maximum absolute atomic E-state index is 14.8. The van der Waals surface area contributed by atoms with Crippen LogP contribution in [0.1, 0.15) is 34.5 Å². The highest BCUT2D eigenvalue weighted by Crippen LogP contribution is 2.34. The van der Waals surface area contributed by atoms with Gasteiger partial charge < -0.3 is 16.2 Å². The number of benzene rings is 2. The first-order valence-electron chi connectivity index (χ1n) is 10.1. The van der Waals surface area contributed by atoms with E-state index < -0.39 is 11.7 Å². The molecule has 0 saturated carbocycles. The second-order valence-corrected chi connectivity index (χ2v) is 7.69. The van der Waals surface area contributed by atoms with Crippen LogP contribution >= 0.6 is 0 Å². The van der Waals surface area contributed by atoms with Crippen molar-refractivity contribution in [2.45, 2.75) is 19.3 Å². The summed E-state index contributed by atoms with van der Waals surface area (Å²) in [6, 6.07) is 15.7. The number of halogens is 1. The molecule has 0 aliphatic carbocycles. The van der Waals surface area contributed by atoms with Gasteiger partial charge in [-0.05, 0) is 59.4 Å². The Morgan fingerprint density at radius 3 is 2.62 bits per heavy atom. The van der Waals surface area contributed by atoms with E-state index in [1.54, 1.807) is 18.3 Å². The maximum atomic E-state index is 14.8. The van der Waals surface area contributed by atoms with Crippen molar-refractivity contribution < 1.29 is 13.9 Å². The summed E-state index contributed by atoms with van der Waals surface area (Å²) in [7, 11) is 1.48. The Morgan fingerprint density at radius 2 is 1.94 bits per heavy atom. The average molecular weight is 430 g/mol. The molecule has 1 amide bonds. The molecule has 2 aromatic carbocycles. The van der Waals surface area contributed by atoms with E-state index in [2.05, 4.69) is 16.9 Å². The van der Waals surface area contributed by atoms with Gasteiger partial charge in [-0.3, -0.25) is 4.79 Å². The summed E-state index contributed by atoms with van der Waals surface area (Å²) in [6.45, 7) is 2.08. The molecule has 0 radical (unpaired) electrons. The molecule has 2 aromatic heterocycles. The first-order valence-corrected chi connectivity index (χ1v) is 10.1. The number of carbonyl (C=O) groups is 1. The third kappa shape index (κ3) is 4.09. The summed E-state index contributed by atoms with van der Waals surface area (Å²) < 4.78 is 19.9. The molecule has 162 valence electrons. The van der Waals surface area contributed by atoms with Gasteiger partial charge in [0.05, 0.1) is 12.6 Å². The minimum Gasteiger partial charge on any atom is -0.497 e. The fourth-order valence-corrected chi connectivity index (χ4v) is 3.81. The molecule has 0 aliphatic rings. The summed E-state index contributed by atoms with van der Waals surface area (Å²) >= 11 is 0. The summed E-state index contributed by atoms with van der Waals surface area (Å²) in [5.74, 6) is -0.108. The summed E-state index contributed by atoms with van der Waals surface area (Å²) in [5, 5.41) is 0.718. The Labute approximate surface area is 185 Å². The Hall–Kier alpha value is -4.00. The largest absolute Gasteiger partial charge is 0.497 e. The van der Waals surface area contributed by atoms with Crippen LogP contribution in [0.3, 0.4) is 0 Å². The molecular weight excluding hydrogens is 407 g/mol. The molecule has 4 rings (SSSR count). The number of primary amides is 1. The second kappa shape index (κ2) is 8.63. The van der Waals surface area contributed by atoms with Gasteiger partial charge >= 0.3 is 0 Å². The number of nitrogen functional groups attached to an aromatic ring is 1. The van der Waals surface area contributed by atoms with Gasteiger partial charge in [-0.15, -0.1) is 0 Å². The van der Waals surface area contributed by atoms with Gasteiger partial charge in [0.2, 0.25) is 0 Å². The quantitative estimate of drug-likeness (QED) is 0.470. The molecule has 0 bridgehead atoms. The van der Waals surface area contributed by atoms with E-state index in [1.807, 2.05) is 30.3 Å². The normalized spacial score (nSPS) is 12.0. The van der Waals surface area contributed by atoms with E-state index in [4.69, 9.17) is 16.2 Å². The lowest BCUT2D eigenvalue weighted by Gasteiger charge is -2.16. The number of anilines is 1. The van der Waals surface area contributed by atoms with Crippen LogP contribution in [0.15, 0.2) is 60.8 Å². The number of rotatable bonds is 6. The molecule has 1 atom stereocenters. The molecule has 4 aromatic rings. The SMILES string of the molecule is COc1ccc(-c2cc(C(N)=O)nc3cc(C(C)Cc4cccnc4N)ccc23)c(F)c1. The van der Waals surface area contributed by atoms with Crippen molar-refractivity contribution >= 4 is 22.6 Å². The highest BCUT2D eigenvalue weighted by atomic mass is 19.1. The van der Waals surface area contributed by atoms with E-state index in [0.29, 0.717) is 34.6 Å². The van der Waals surface area contributed by atoms with Gasteiger partial charge in [-0.1, -0.05) is 25.1 Å². The smallest absolute Gasteiger partial charge is 0.267 e. The van der Waals surface area contributed by atoms with E-state index in [1.165, 1.54) is 19.2 Å². The standard InChI is InChI=1S/C25H23FN4O2/c1-14(10-16-4-3-9-29-24(16)27)15-5-7-19-20(13-23(25(28)31)30-22(19)11-15)18-8-6-17(32-2)12-21(18)26/h3-9,11-14H,10H2,1-2H3,(H2,27,29)(H2,28,31). The van der Waals surface area contributed by atoms with Crippen LogP contribution in [-0.4, -0.2) is 23.0 Å². The first kappa shape index (κ1) is 21.2. The lowest BCUT2D eigenvalue weighted by Crippen LogP contribution is -2.13. The zero-order chi connectivity index (χ0) is 22.8. The lowest BCUT2D eigenvalue weighted by molar-refractivity contribution is 0.0996. The number of nitrogens with zero attached hydrogens (tertiary/aromatic N) is 2. The number of methoxy groups -OCH3 is 1. The second-order valence-electron chi connectivity index (χ2n) is 7.69. The predicted octanol–water partition coefficient (Wildman–Crippen LogP) is 4.47. The monoisotopic (exact) mass is 430 g/mol. The molecule has 6 nitrogen and oxygen atoms in total. The predicted molar refractivity (Wildman–Crippen MR) is 123 cm³/mol.